The first kappa shape index (κ1) is 16.7. The number of β-amino-alcohol motifs (C(OH)–C–C–N with tert-alkyl or cyclic N) is 1. The van der Waals surface area contributed by atoms with Crippen LogP contribution in [0.3, 0.4) is 0 Å². The molecule has 6 nitrogen and oxygen atoms in total. The molecule has 1 amide bonds. The molecule has 0 bridgehead atoms. The molecule has 24 heavy (non-hydrogen) atoms. The van der Waals surface area contributed by atoms with Crippen LogP contribution < -0.4 is 4.90 Å². The quantitative estimate of drug-likeness (QED) is 0.907. The molecule has 3 rings (SSSR count). The van der Waals surface area contributed by atoms with E-state index in [1.54, 1.807) is 4.90 Å². The van der Waals surface area contributed by atoms with Gasteiger partial charge in [-0.25, -0.2) is 4.98 Å². The van der Waals surface area contributed by atoms with E-state index in [0.717, 1.165) is 43.6 Å². The third kappa shape index (κ3) is 2.73. The highest BCUT2D eigenvalue weighted by molar-refractivity contribution is 5.85. The number of piperidine rings is 1. The lowest BCUT2D eigenvalue weighted by atomic mass is 9.78. The summed E-state index contributed by atoms with van der Waals surface area (Å²) in [7, 11) is 0. The van der Waals surface area contributed by atoms with Crippen LogP contribution in [0.5, 0.6) is 0 Å². The van der Waals surface area contributed by atoms with Crippen LogP contribution in [0.15, 0.2) is 6.07 Å². The van der Waals surface area contributed by atoms with Gasteiger partial charge in [0.2, 0.25) is 5.91 Å². The number of carbonyl (C=O) groups excluding carboxylic acids is 1. The van der Waals surface area contributed by atoms with E-state index in [-0.39, 0.29) is 17.9 Å². The van der Waals surface area contributed by atoms with Crippen molar-refractivity contribution < 1.29 is 9.90 Å². The van der Waals surface area contributed by atoms with Crippen LogP contribution in [-0.2, 0) is 4.79 Å². The Morgan fingerprint density at radius 2 is 2.17 bits per heavy atom. The summed E-state index contributed by atoms with van der Waals surface area (Å²) in [6, 6.07) is 4.19. The molecule has 3 heterocycles. The first-order chi connectivity index (χ1) is 11.5. The first-order valence-electron chi connectivity index (χ1n) is 8.54. The summed E-state index contributed by atoms with van der Waals surface area (Å²) in [4.78, 5) is 21.4. The summed E-state index contributed by atoms with van der Waals surface area (Å²) in [6.07, 6.45) is 2.62. The Kier molecular flexibility index (Phi) is 4.46. The predicted octanol–water partition coefficient (Wildman–Crippen LogP) is 1.38. The molecular formula is C18H24N4O2. The average molecular weight is 328 g/mol. The van der Waals surface area contributed by atoms with Crippen LogP contribution >= 0.6 is 0 Å². The highest BCUT2D eigenvalue weighted by Crippen LogP contribution is 2.42. The third-order valence-corrected chi connectivity index (χ3v) is 5.28. The lowest BCUT2D eigenvalue weighted by Crippen LogP contribution is -2.50. The van der Waals surface area contributed by atoms with Crippen molar-refractivity contribution in [3.05, 3.63) is 22.9 Å². The van der Waals surface area contributed by atoms with Crippen LogP contribution in [0.2, 0.25) is 0 Å². The average Bonchev–Trinajstić information content (AvgIpc) is 2.97. The number of anilines is 1. The van der Waals surface area contributed by atoms with E-state index >= 15 is 0 Å². The number of aromatic nitrogens is 1. The van der Waals surface area contributed by atoms with Gasteiger partial charge < -0.3 is 14.9 Å². The zero-order chi connectivity index (χ0) is 17.3. The standard InChI is InChI=1S/C18H24N4O2/c1-13-10-14(2)20-16(15(13)11-19)22-7-5-18(12-22)4-3-6-21(8-9-23)17(18)24/h10,23H,3-9,12H2,1-2H3/t18-/m0/s1. The van der Waals surface area contributed by atoms with Gasteiger partial charge in [-0.3, -0.25) is 4.79 Å². The number of likely N-dealkylation sites (tertiary alicyclic amines) is 1. The van der Waals surface area contributed by atoms with Crippen LogP contribution in [0, 0.1) is 30.6 Å². The Labute approximate surface area is 142 Å². The minimum atomic E-state index is -0.389. The number of hydrogen-bond donors (Lipinski definition) is 1. The van der Waals surface area contributed by atoms with Crippen molar-refractivity contribution in [2.45, 2.75) is 33.1 Å². The maximum Gasteiger partial charge on any atom is 0.230 e. The topological polar surface area (TPSA) is 80.5 Å². The van der Waals surface area contributed by atoms with Gasteiger partial charge in [-0.2, -0.15) is 5.26 Å². The maximum absolute atomic E-state index is 12.9. The molecule has 2 saturated heterocycles. The molecule has 128 valence electrons. The zero-order valence-corrected chi connectivity index (χ0v) is 14.4. The fourth-order valence-electron chi connectivity index (χ4n) is 4.10. The van der Waals surface area contributed by atoms with Crippen molar-refractivity contribution in [1.29, 1.82) is 5.26 Å². The summed E-state index contributed by atoms with van der Waals surface area (Å²) in [5.74, 6) is 0.854. The Balaban J connectivity index is 1.88. The summed E-state index contributed by atoms with van der Waals surface area (Å²) < 4.78 is 0. The molecule has 1 aromatic rings. The lowest BCUT2D eigenvalue weighted by Gasteiger charge is -2.39. The number of aliphatic hydroxyl groups is 1. The molecule has 2 fully saturated rings. The molecule has 0 aliphatic carbocycles. The number of nitrogens with zero attached hydrogens (tertiary/aromatic N) is 4. The number of aliphatic hydroxyl groups excluding tert-OH is 1. The highest BCUT2D eigenvalue weighted by Gasteiger charge is 2.48. The highest BCUT2D eigenvalue weighted by atomic mass is 16.3. The van der Waals surface area contributed by atoms with Crippen LogP contribution in [0.25, 0.3) is 0 Å². The number of amides is 1. The molecule has 1 atom stereocenters. The molecule has 0 unspecified atom stereocenters. The molecular weight excluding hydrogens is 304 g/mol. The van der Waals surface area contributed by atoms with Gasteiger partial charge in [0, 0.05) is 31.9 Å². The zero-order valence-electron chi connectivity index (χ0n) is 14.4. The molecule has 0 saturated carbocycles. The van der Waals surface area contributed by atoms with Crippen molar-refractivity contribution in [3.8, 4) is 6.07 Å². The fourth-order valence-corrected chi connectivity index (χ4v) is 4.10. The second kappa shape index (κ2) is 6.40. The predicted molar refractivity (Wildman–Crippen MR) is 90.6 cm³/mol. The Hall–Kier alpha value is -2.13. The summed E-state index contributed by atoms with van der Waals surface area (Å²) in [6.45, 7) is 6.35. The Morgan fingerprint density at radius 3 is 2.88 bits per heavy atom. The van der Waals surface area contributed by atoms with E-state index < -0.39 is 0 Å². The van der Waals surface area contributed by atoms with Crippen molar-refractivity contribution in [3.63, 3.8) is 0 Å². The second-order valence-corrected chi connectivity index (χ2v) is 6.96. The van der Waals surface area contributed by atoms with Crippen LogP contribution in [-0.4, -0.2) is 53.7 Å². The molecule has 1 aromatic heterocycles. The Morgan fingerprint density at radius 1 is 1.38 bits per heavy atom. The summed E-state index contributed by atoms with van der Waals surface area (Å²) >= 11 is 0. The molecule has 2 aliphatic rings. The molecule has 0 aromatic carbocycles. The third-order valence-electron chi connectivity index (χ3n) is 5.28. The van der Waals surface area contributed by atoms with Crippen molar-refractivity contribution >= 4 is 11.7 Å². The Bertz CT molecular complexity index is 695. The minimum absolute atomic E-state index is 0.00272. The van der Waals surface area contributed by atoms with E-state index in [1.807, 2.05) is 19.9 Å². The van der Waals surface area contributed by atoms with Gasteiger partial charge in [-0.1, -0.05) is 0 Å². The monoisotopic (exact) mass is 328 g/mol. The van der Waals surface area contributed by atoms with Crippen molar-refractivity contribution in [1.82, 2.24) is 9.88 Å². The number of rotatable bonds is 3. The van der Waals surface area contributed by atoms with Crippen molar-refractivity contribution in [2.75, 3.05) is 37.7 Å². The van der Waals surface area contributed by atoms with E-state index in [9.17, 15) is 15.2 Å². The molecule has 2 aliphatic heterocycles. The maximum atomic E-state index is 12.9. The molecule has 0 radical (unpaired) electrons. The van der Waals surface area contributed by atoms with Gasteiger partial charge in [0.15, 0.2) is 0 Å². The van der Waals surface area contributed by atoms with Gasteiger partial charge in [0.25, 0.3) is 0 Å². The molecule has 6 heteroatoms. The van der Waals surface area contributed by atoms with Gasteiger partial charge in [0.1, 0.15) is 11.9 Å². The van der Waals surface area contributed by atoms with E-state index in [0.29, 0.717) is 24.5 Å². The fraction of sp³-hybridized carbons (Fsp3) is 0.611. The second-order valence-electron chi connectivity index (χ2n) is 6.96. The normalized spacial score (nSPS) is 23.8. The van der Waals surface area contributed by atoms with Crippen LogP contribution in [0.1, 0.15) is 36.1 Å². The van der Waals surface area contributed by atoms with Gasteiger partial charge in [-0.15, -0.1) is 0 Å². The van der Waals surface area contributed by atoms with Gasteiger partial charge >= 0.3 is 0 Å². The van der Waals surface area contributed by atoms with E-state index in [4.69, 9.17) is 0 Å². The number of aryl methyl sites for hydroxylation is 2. The largest absolute Gasteiger partial charge is 0.395 e. The van der Waals surface area contributed by atoms with E-state index in [2.05, 4.69) is 16.0 Å². The summed E-state index contributed by atoms with van der Waals surface area (Å²) in [5.41, 5.74) is 2.03. The lowest BCUT2D eigenvalue weighted by molar-refractivity contribution is -0.145. The van der Waals surface area contributed by atoms with Gasteiger partial charge in [0.05, 0.1) is 17.6 Å². The SMILES string of the molecule is Cc1cc(C)c(C#N)c(N2CC[C@@]3(CCCN(CCO)C3=O)C2)n1. The van der Waals surface area contributed by atoms with Gasteiger partial charge in [-0.05, 0) is 44.7 Å². The van der Waals surface area contributed by atoms with Crippen LogP contribution in [0.4, 0.5) is 5.82 Å². The number of hydrogen-bond acceptors (Lipinski definition) is 5. The minimum Gasteiger partial charge on any atom is -0.395 e. The number of nitriles is 1. The smallest absolute Gasteiger partial charge is 0.230 e. The first-order valence-corrected chi connectivity index (χ1v) is 8.54. The molecule has 1 N–H and O–H groups in total. The number of pyridine rings is 1. The van der Waals surface area contributed by atoms with Crippen molar-refractivity contribution in [2.24, 2.45) is 5.41 Å². The number of carbonyl (C=O) groups is 1. The molecule has 1 spiro atoms. The van der Waals surface area contributed by atoms with E-state index in [1.165, 1.54) is 0 Å². The summed E-state index contributed by atoms with van der Waals surface area (Å²) in [5, 5.41) is 18.7.